The zero-order valence-electron chi connectivity index (χ0n) is 14.8. The first-order valence-electron chi connectivity index (χ1n) is 8.97. The molecule has 7 nitrogen and oxygen atoms in total. The van der Waals surface area contributed by atoms with Crippen molar-refractivity contribution in [1.29, 1.82) is 0 Å². The van der Waals surface area contributed by atoms with Crippen LogP contribution in [0.3, 0.4) is 0 Å². The summed E-state index contributed by atoms with van der Waals surface area (Å²) in [5.41, 5.74) is 8.73. The van der Waals surface area contributed by atoms with Crippen molar-refractivity contribution in [2.75, 3.05) is 23.7 Å². The Kier molecular flexibility index (Phi) is 4.35. The van der Waals surface area contributed by atoms with E-state index in [9.17, 15) is 9.59 Å². The number of hydrogen-bond acceptors (Lipinski definition) is 4. The standard InChI is InChI=1S/C20H21N3O4/c21-17-6-1-3-13-12-23(19(24)18(13)17)14-4-2-5-16(11-14)27-15-7-9-22(10-8-15)20(25)26/h1-6,11,15H,7-10,12,21H2,(H,25,26). The van der Waals surface area contributed by atoms with Crippen molar-refractivity contribution in [3.8, 4) is 5.75 Å². The Labute approximate surface area is 156 Å². The number of piperidine rings is 1. The maximum Gasteiger partial charge on any atom is 0.407 e. The highest BCUT2D eigenvalue weighted by atomic mass is 16.5. The predicted octanol–water partition coefficient (Wildman–Crippen LogP) is 2.95. The number of carbonyl (C=O) groups is 2. The Balaban J connectivity index is 1.47. The highest BCUT2D eigenvalue weighted by Gasteiger charge is 2.30. The fraction of sp³-hybridized carbons (Fsp3) is 0.300. The molecular formula is C20H21N3O4. The number of likely N-dealkylation sites (tertiary alicyclic amines) is 1. The van der Waals surface area contributed by atoms with Crippen molar-refractivity contribution in [3.05, 3.63) is 53.6 Å². The van der Waals surface area contributed by atoms with Crippen LogP contribution in [-0.2, 0) is 6.54 Å². The molecule has 27 heavy (non-hydrogen) atoms. The van der Waals surface area contributed by atoms with Crippen LogP contribution < -0.4 is 15.4 Å². The molecule has 2 aliphatic heterocycles. The van der Waals surface area contributed by atoms with Gasteiger partial charge in [0.25, 0.3) is 5.91 Å². The van der Waals surface area contributed by atoms with Crippen molar-refractivity contribution in [2.24, 2.45) is 0 Å². The molecule has 7 heteroatoms. The first kappa shape index (κ1) is 17.2. The molecule has 3 N–H and O–H groups in total. The van der Waals surface area contributed by atoms with Gasteiger partial charge in [-0.2, -0.15) is 0 Å². The number of nitrogens with zero attached hydrogens (tertiary/aromatic N) is 2. The van der Waals surface area contributed by atoms with Crippen LogP contribution in [0.25, 0.3) is 0 Å². The number of fused-ring (bicyclic) bond motifs is 1. The number of nitrogens with two attached hydrogens (primary N) is 1. The second-order valence-corrected chi connectivity index (χ2v) is 6.86. The van der Waals surface area contributed by atoms with Gasteiger partial charge >= 0.3 is 6.09 Å². The minimum absolute atomic E-state index is 0.0297. The van der Waals surface area contributed by atoms with Crippen LogP contribution in [0.1, 0.15) is 28.8 Å². The summed E-state index contributed by atoms with van der Waals surface area (Å²) in [5.74, 6) is 0.577. The summed E-state index contributed by atoms with van der Waals surface area (Å²) >= 11 is 0. The largest absolute Gasteiger partial charge is 0.490 e. The highest BCUT2D eigenvalue weighted by molar-refractivity contribution is 6.13. The van der Waals surface area contributed by atoms with Crippen molar-refractivity contribution in [1.82, 2.24) is 4.90 Å². The van der Waals surface area contributed by atoms with E-state index in [1.165, 1.54) is 4.90 Å². The molecule has 2 aliphatic rings. The lowest BCUT2D eigenvalue weighted by atomic mass is 10.1. The molecule has 0 aliphatic carbocycles. The highest BCUT2D eigenvalue weighted by Crippen LogP contribution is 2.33. The topological polar surface area (TPSA) is 96.1 Å². The maximum atomic E-state index is 12.8. The van der Waals surface area contributed by atoms with Crippen LogP contribution in [-0.4, -0.2) is 41.2 Å². The molecule has 4 rings (SSSR count). The van der Waals surface area contributed by atoms with Crippen LogP contribution in [0.2, 0.25) is 0 Å². The third kappa shape index (κ3) is 3.28. The van der Waals surface area contributed by atoms with Crippen LogP contribution in [0.5, 0.6) is 5.75 Å². The molecule has 0 atom stereocenters. The second kappa shape index (κ2) is 6.83. The van der Waals surface area contributed by atoms with Crippen molar-refractivity contribution in [2.45, 2.75) is 25.5 Å². The van der Waals surface area contributed by atoms with Crippen LogP contribution >= 0.6 is 0 Å². The van der Waals surface area contributed by atoms with Gasteiger partial charge in [0.15, 0.2) is 0 Å². The van der Waals surface area contributed by atoms with Gasteiger partial charge in [-0.3, -0.25) is 4.79 Å². The summed E-state index contributed by atoms with van der Waals surface area (Å²) in [6.45, 7) is 1.43. The molecule has 1 fully saturated rings. The number of nitrogen functional groups attached to an aromatic ring is 1. The quantitative estimate of drug-likeness (QED) is 0.813. The molecule has 140 valence electrons. The van der Waals surface area contributed by atoms with Gasteiger partial charge in [-0.15, -0.1) is 0 Å². The first-order valence-corrected chi connectivity index (χ1v) is 8.97. The summed E-state index contributed by atoms with van der Waals surface area (Å²) in [6.07, 6.45) is 0.391. The fourth-order valence-electron chi connectivity index (χ4n) is 3.68. The van der Waals surface area contributed by atoms with Crippen LogP contribution in [0, 0.1) is 0 Å². The molecule has 0 aromatic heterocycles. The number of amides is 2. The van der Waals surface area contributed by atoms with E-state index in [1.54, 1.807) is 11.0 Å². The molecule has 2 aromatic carbocycles. The summed E-state index contributed by atoms with van der Waals surface area (Å²) in [7, 11) is 0. The molecule has 1 saturated heterocycles. The number of ether oxygens (including phenoxy) is 1. The second-order valence-electron chi connectivity index (χ2n) is 6.86. The van der Waals surface area contributed by atoms with Crippen molar-refractivity contribution >= 4 is 23.4 Å². The van der Waals surface area contributed by atoms with Gasteiger partial charge in [0.1, 0.15) is 11.9 Å². The van der Waals surface area contributed by atoms with E-state index in [1.807, 2.05) is 36.4 Å². The molecule has 2 amide bonds. The summed E-state index contributed by atoms with van der Waals surface area (Å²) in [6, 6.07) is 13.0. The molecule has 2 aromatic rings. The SMILES string of the molecule is Nc1cccc2c1C(=O)N(c1cccc(OC3CCN(C(=O)O)CC3)c1)C2. The average Bonchev–Trinajstić information content (AvgIpc) is 3.00. The minimum atomic E-state index is -0.887. The number of rotatable bonds is 3. The Morgan fingerprint density at radius 3 is 2.59 bits per heavy atom. The van der Waals surface area contributed by atoms with Crippen molar-refractivity contribution < 1.29 is 19.4 Å². The molecule has 0 spiro atoms. The third-order valence-electron chi connectivity index (χ3n) is 5.12. The van der Waals surface area contributed by atoms with Gasteiger partial charge < -0.3 is 25.4 Å². The van der Waals surface area contributed by atoms with Gasteiger partial charge in [0, 0.05) is 43.4 Å². The van der Waals surface area contributed by atoms with Gasteiger partial charge in [0.2, 0.25) is 0 Å². The molecule has 2 heterocycles. The van der Waals surface area contributed by atoms with E-state index in [-0.39, 0.29) is 12.0 Å². The molecule has 0 radical (unpaired) electrons. The van der Waals surface area contributed by atoms with E-state index in [4.69, 9.17) is 15.6 Å². The lowest BCUT2D eigenvalue weighted by Crippen LogP contribution is -2.41. The fourth-order valence-corrected chi connectivity index (χ4v) is 3.68. The molecule has 0 saturated carbocycles. The summed E-state index contributed by atoms with van der Waals surface area (Å²) < 4.78 is 6.04. The minimum Gasteiger partial charge on any atom is -0.490 e. The molecular weight excluding hydrogens is 346 g/mol. The first-order chi connectivity index (χ1) is 13.0. The van der Waals surface area contributed by atoms with E-state index in [0.717, 1.165) is 11.3 Å². The number of hydrogen-bond donors (Lipinski definition) is 2. The third-order valence-corrected chi connectivity index (χ3v) is 5.12. The normalized spacial score (nSPS) is 17.1. The Hall–Kier alpha value is -3.22. The van der Waals surface area contributed by atoms with E-state index >= 15 is 0 Å². The van der Waals surface area contributed by atoms with Gasteiger partial charge in [-0.25, -0.2) is 4.79 Å². The summed E-state index contributed by atoms with van der Waals surface area (Å²) in [5, 5.41) is 9.03. The number of carboxylic acid groups (broad SMARTS) is 1. The lowest BCUT2D eigenvalue weighted by molar-refractivity contribution is 0.0895. The Bertz CT molecular complexity index is 891. The van der Waals surface area contributed by atoms with Crippen LogP contribution in [0.15, 0.2) is 42.5 Å². The Morgan fingerprint density at radius 2 is 1.89 bits per heavy atom. The maximum absolute atomic E-state index is 12.8. The summed E-state index contributed by atoms with van der Waals surface area (Å²) in [4.78, 5) is 26.9. The van der Waals surface area contributed by atoms with E-state index < -0.39 is 6.09 Å². The smallest absolute Gasteiger partial charge is 0.407 e. The van der Waals surface area contributed by atoms with Crippen LogP contribution in [0.4, 0.5) is 16.2 Å². The number of carbonyl (C=O) groups excluding carboxylic acids is 1. The zero-order valence-corrected chi connectivity index (χ0v) is 14.8. The predicted molar refractivity (Wildman–Crippen MR) is 101 cm³/mol. The zero-order chi connectivity index (χ0) is 19.0. The Morgan fingerprint density at radius 1 is 1.15 bits per heavy atom. The van der Waals surface area contributed by atoms with Gasteiger partial charge in [0.05, 0.1) is 12.1 Å². The number of benzene rings is 2. The molecule has 0 unspecified atom stereocenters. The number of anilines is 2. The van der Waals surface area contributed by atoms with E-state index in [0.29, 0.717) is 49.5 Å². The lowest BCUT2D eigenvalue weighted by Gasteiger charge is -2.30. The van der Waals surface area contributed by atoms with Gasteiger partial charge in [-0.1, -0.05) is 18.2 Å². The average molecular weight is 367 g/mol. The van der Waals surface area contributed by atoms with Gasteiger partial charge in [-0.05, 0) is 23.8 Å². The van der Waals surface area contributed by atoms with Crippen molar-refractivity contribution in [3.63, 3.8) is 0 Å². The van der Waals surface area contributed by atoms with E-state index in [2.05, 4.69) is 0 Å². The molecule has 0 bridgehead atoms. The monoisotopic (exact) mass is 367 g/mol.